The fourth-order valence-electron chi connectivity index (χ4n) is 3.35. The standard InChI is InChI=1S/C27H31N3O6S/c1-4-34-24-14-12-23(13-15-24)30(37(3,32)33)19-27(31)29-28-18-22-11-16-25(26(17-22)35-5-2)36-20-21-9-7-6-8-10-21/h6-18H,4-5,19-20H2,1-3H3,(H,29,31)/b28-18-. The summed E-state index contributed by atoms with van der Waals surface area (Å²) in [4.78, 5) is 12.5. The van der Waals surface area contributed by atoms with E-state index in [0.29, 0.717) is 48.3 Å². The zero-order valence-corrected chi connectivity index (χ0v) is 21.9. The van der Waals surface area contributed by atoms with Crippen LogP contribution in [-0.2, 0) is 21.4 Å². The van der Waals surface area contributed by atoms with E-state index in [-0.39, 0.29) is 0 Å². The number of anilines is 1. The summed E-state index contributed by atoms with van der Waals surface area (Å²) in [5, 5.41) is 3.97. The molecule has 0 aromatic heterocycles. The van der Waals surface area contributed by atoms with Gasteiger partial charge in [-0.15, -0.1) is 0 Å². The normalized spacial score (nSPS) is 11.2. The van der Waals surface area contributed by atoms with Gasteiger partial charge in [0.2, 0.25) is 10.0 Å². The van der Waals surface area contributed by atoms with E-state index >= 15 is 0 Å². The second-order valence-electron chi connectivity index (χ2n) is 7.90. The van der Waals surface area contributed by atoms with Crippen molar-refractivity contribution in [1.29, 1.82) is 0 Å². The number of nitrogens with one attached hydrogen (secondary N) is 1. The summed E-state index contributed by atoms with van der Waals surface area (Å²) in [7, 11) is -3.71. The van der Waals surface area contributed by atoms with E-state index in [1.165, 1.54) is 6.21 Å². The molecule has 3 aromatic rings. The monoisotopic (exact) mass is 525 g/mol. The van der Waals surface area contributed by atoms with Gasteiger partial charge in [-0.25, -0.2) is 13.8 Å². The molecule has 0 heterocycles. The van der Waals surface area contributed by atoms with Crippen molar-refractivity contribution < 1.29 is 27.4 Å². The molecule has 0 radical (unpaired) electrons. The first-order chi connectivity index (χ1) is 17.8. The SMILES string of the molecule is CCOc1ccc(N(CC(=O)N/N=C\c2ccc(OCc3ccccc3)c(OCC)c2)S(C)(=O)=O)cc1. The van der Waals surface area contributed by atoms with Crippen molar-refractivity contribution in [2.24, 2.45) is 5.10 Å². The van der Waals surface area contributed by atoms with Crippen LogP contribution in [-0.4, -0.2) is 46.6 Å². The Kier molecular flexibility index (Phi) is 9.91. The van der Waals surface area contributed by atoms with Crippen molar-refractivity contribution >= 4 is 27.8 Å². The number of hydrogen-bond acceptors (Lipinski definition) is 7. The molecule has 0 unspecified atom stereocenters. The number of sulfonamides is 1. The molecule has 0 atom stereocenters. The molecule has 0 saturated heterocycles. The molecule has 0 spiro atoms. The van der Waals surface area contributed by atoms with Gasteiger partial charge in [-0.1, -0.05) is 30.3 Å². The second kappa shape index (κ2) is 13.3. The third-order valence-corrected chi connectivity index (χ3v) is 6.17. The van der Waals surface area contributed by atoms with E-state index in [4.69, 9.17) is 14.2 Å². The zero-order chi connectivity index (χ0) is 26.7. The molecule has 1 N–H and O–H groups in total. The first-order valence-corrected chi connectivity index (χ1v) is 13.6. The summed E-state index contributed by atoms with van der Waals surface area (Å²) < 4.78 is 42.6. The second-order valence-corrected chi connectivity index (χ2v) is 9.81. The van der Waals surface area contributed by atoms with E-state index in [9.17, 15) is 13.2 Å². The van der Waals surface area contributed by atoms with Gasteiger partial charge in [-0.05, 0) is 67.4 Å². The third kappa shape index (κ3) is 8.53. The van der Waals surface area contributed by atoms with Crippen LogP contribution in [0.2, 0.25) is 0 Å². The lowest BCUT2D eigenvalue weighted by Crippen LogP contribution is -2.39. The summed E-state index contributed by atoms with van der Waals surface area (Å²) >= 11 is 0. The van der Waals surface area contributed by atoms with Crippen LogP contribution in [0.15, 0.2) is 77.9 Å². The maximum Gasteiger partial charge on any atom is 0.260 e. The van der Waals surface area contributed by atoms with Crippen molar-refractivity contribution in [3.8, 4) is 17.2 Å². The largest absolute Gasteiger partial charge is 0.494 e. The van der Waals surface area contributed by atoms with Crippen LogP contribution in [0.3, 0.4) is 0 Å². The fraction of sp³-hybridized carbons (Fsp3) is 0.259. The van der Waals surface area contributed by atoms with E-state index in [0.717, 1.165) is 16.1 Å². The molecule has 0 aliphatic carbocycles. The Bertz CT molecular complexity index is 1300. The van der Waals surface area contributed by atoms with Crippen LogP contribution in [0.25, 0.3) is 0 Å². The predicted octanol–water partition coefficient (Wildman–Crippen LogP) is 3.98. The zero-order valence-electron chi connectivity index (χ0n) is 21.1. The Balaban J connectivity index is 1.64. The molecule has 0 aliphatic heterocycles. The Morgan fingerprint density at radius 2 is 1.62 bits per heavy atom. The lowest BCUT2D eigenvalue weighted by molar-refractivity contribution is -0.119. The van der Waals surface area contributed by atoms with Gasteiger partial charge in [0.15, 0.2) is 11.5 Å². The minimum atomic E-state index is -3.71. The number of amides is 1. The average Bonchev–Trinajstić information content (AvgIpc) is 2.88. The fourth-order valence-corrected chi connectivity index (χ4v) is 4.20. The smallest absolute Gasteiger partial charge is 0.260 e. The topological polar surface area (TPSA) is 107 Å². The summed E-state index contributed by atoms with van der Waals surface area (Å²) in [6, 6.07) is 21.6. The van der Waals surface area contributed by atoms with Crippen LogP contribution < -0.4 is 23.9 Å². The minimum absolute atomic E-state index is 0.345. The van der Waals surface area contributed by atoms with Crippen molar-refractivity contribution in [2.45, 2.75) is 20.5 Å². The number of carbonyl (C=O) groups is 1. The number of benzene rings is 3. The molecule has 10 heteroatoms. The molecule has 9 nitrogen and oxygen atoms in total. The van der Waals surface area contributed by atoms with E-state index in [2.05, 4.69) is 10.5 Å². The molecule has 1 amide bonds. The molecule has 37 heavy (non-hydrogen) atoms. The molecule has 0 aliphatic rings. The highest BCUT2D eigenvalue weighted by atomic mass is 32.2. The Morgan fingerprint density at radius 1 is 0.919 bits per heavy atom. The third-order valence-electron chi connectivity index (χ3n) is 5.03. The number of carbonyl (C=O) groups excluding carboxylic acids is 1. The minimum Gasteiger partial charge on any atom is -0.494 e. The molecule has 0 saturated carbocycles. The molecular formula is C27H31N3O6S. The van der Waals surface area contributed by atoms with Gasteiger partial charge in [0.05, 0.1) is 31.4 Å². The summed E-state index contributed by atoms with van der Waals surface area (Å²) in [6.07, 6.45) is 2.49. The molecule has 196 valence electrons. The first kappa shape index (κ1) is 27.5. The van der Waals surface area contributed by atoms with E-state index in [1.54, 1.807) is 42.5 Å². The summed E-state index contributed by atoms with van der Waals surface area (Å²) in [5.41, 5.74) is 4.42. The van der Waals surface area contributed by atoms with Crippen molar-refractivity contribution in [1.82, 2.24) is 5.43 Å². The van der Waals surface area contributed by atoms with E-state index in [1.807, 2.05) is 44.2 Å². The number of nitrogens with zero attached hydrogens (tertiary/aromatic N) is 2. The number of rotatable bonds is 13. The number of ether oxygens (including phenoxy) is 3. The van der Waals surface area contributed by atoms with Crippen LogP contribution in [0.4, 0.5) is 5.69 Å². The predicted molar refractivity (Wildman–Crippen MR) is 144 cm³/mol. The summed E-state index contributed by atoms with van der Waals surface area (Å²) in [5.74, 6) is 1.15. The quantitative estimate of drug-likeness (QED) is 0.267. The first-order valence-electron chi connectivity index (χ1n) is 11.8. The highest BCUT2D eigenvalue weighted by molar-refractivity contribution is 7.92. The van der Waals surface area contributed by atoms with Gasteiger partial charge in [-0.3, -0.25) is 9.10 Å². The molecule has 0 fully saturated rings. The van der Waals surface area contributed by atoms with Gasteiger partial charge < -0.3 is 14.2 Å². The van der Waals surface area contributed by atoms with Crippen LogP contribution >= 0.6 is 0 Å². The Hall–Kier alpha value is -4.05. The van der Waals surface area contributed by atoms with Gasteiger partial charge in [0, 0.05) is 0 Å². The van der Waals surface area contributed by atoms with Gasteiger partial charge in [-0.2, -0.15) is 5.10 Å². The van der Waals surface area contributed by atoms with E-state index < -0.39 is 22.5 Å². The van der Waals surface area contributed by atoms with Gasteiger partial charge >= 0.3 is 0 Å². The lowest BCUT2D eigenvalue weighted by atomic mass is 10.2. The van der Waals surface area contributed by atoms with Crippen molar-refractivity contribution in [3.05, 3.63) is 83.9 Å². The van der Waals surface area contributed by atoms with Gasteiger partial charge in [0.25, 0.3) is 5.91 Å². The van der Waals surface area contributed by atoms with Crippen molar-refractivity contribution in [2.75, 3.05) is 30.3 Å². The molecule has 3 aromatic carbocycles. The van der Waals surface area contributed by atoms with Crippen molar-refractivity contribution in [3.63, 3.8) is 0 Å². The molecular weight excluding hydrogens is 494 g/mol. The number of hydrogen-bond donors (Lipinski definition) is 1. The average molecular weight is 526 g/mol. The summed E-state index contributed by atoms with van der Waals surface area (Å²) in [6.45, 7) is 4.64. The van der Waals surface area contributed by atoms with Crippen LogP contribution in [0.5, 0.6) is 17.2 Å². The highest BCUT2D eigenvalue weighted by Gasteiger charge is 2.20. The maximum absolute atomic E-state index is 12.5. The number of hydrazone groups is 1. The lowest BCUT2D eigenvalue weighted by Gasteiger charge is -2.21. The highest BCUT2D eigenvalue weighted by Crippen LogP contribution is 2.29. The molecule has 0 bridgehead atoms. The van der Waals surface area contributed by atoms with Crippen LogP contribution in [0.1, 0.15) is 25.0 Å². The maximum atomic E-state index is 12.5. The Morgan fingerprint density at radius 3 is 2.27 bits per heavy atom. The molecule has 3 rings (SSSR count). The Labute approximate surface area is 217 Å². The van der Waals surface area contributed by atoms with Crippen LogP contribution in [0, 0.1) is 0 Å². The van der Waals surface area contributed by atoms with Gasteiger partial charge in [0.1, 0.15) is 18.9 Å².